The molecule has 0 aliphatic heterocycles. The molecule has 5 nitrogen and oxygen atoms in total. The van der Waals surface area contributed by atoms with Crippen molar-refractivity contribution in [1.82, 2.24) is 15.0 Å². The fourth-order valence-corrected chi connectivity index (χ4v) is 1.76. The Balaban J connectivity index is 2.18. The summed E-state index contributed by atoms with van der Waals surface area (Å²) in [6, 6.07) is 3.55. The standard InChI is InChI=1S/C12H11BrN4O/c1-7-5-15-10(6-14-7)12(18)17-9-3-4-11(13)16-8(9)2/h3-6H,1-2H3,(H,17,18). The average molecular weight is 307 g/mol. The number of halogens is 1. The van der Waals surface area contributed by atoms with E-state index in [9.17, 15) is 4.79 Å². The maximum absolute atomic E-state index is 11.9. The van der Waals surface area contributed by atoms with Gasteiger partial charge in [0.15, 0.2) is 0 Å². The Hall–Kier alpha value is -1.82. The fraction of sp³-hybridized carbons (Fsp3) is 0.167. The normalized spacial score (nSPS) is 10.2. The first kappa shape index (κ1) is 12.6. The van der Waals surface area contributed by atoms with E-state index in [0.29, 0.717) is 5.69 Å². The number of anilines is 1. The summed E-state index contributed by atoms with van der Waals surface area (Å²) in [5.41, 5.74) is 2.44. The van der Waals surface area contributed by atoms with Crippen LogP contribution in [0.15, 0.2) is 29.1 Å². The van der Waals surface area contributed by atoms with E-state index >= 15 is 0 Å². The van der Waals surface area contributed by atoms with Crippen LogP contribution < -0.4 is 5.32 Å². The molecule has 2 rings (SSSR count). The first-order chi connectivity index (χ1) is 8.56. The van der Waals surface area contributed by atoms with Crippen LogP contribution in [0, 0.1) is 13.8 Å². The second-order valence-electron chi connectivity index (χ2n) is 3.76. The zero-order chi connectivity index (χ0) is 13.1. The predicted octanol–water partition coefficient (Wildman–Crippen LogP) is 2.50. The summed E-state index contributed by atoms with van der Waals surface area (Å²) in [4.78, 5) is 24.2. The zero-order valence-electron chi connectivity index (χ0n) is 9.94. The molecule has 0 spiro atoms. The number of aryl methyl sites for hydroxylation is 2. The van der Waals surface area contributed by atoms with Gasteiger partial charge in [-0.2, -0.15) is 0 Å². The van der Waals surface area contributed by atoms with Crippen molar-refractivity contribution < 1.29 is 4.79 Å². The maximum Gasteiger partial charge on any atom is 0.275 e. The highest BCUT2D eigenvalue weighted by atomic mass is 79.9. The number of carbonyl (C=O) groups is 1. The van der Waals surface area contributed by atoms with Crippen molar-refractivity contribution in [2.75, 3.05) is 5.32 Å². The van der Waals surface area contributed by atoms with Crippen LogP contribution in [-0.4, -0.2) is 20.9 Å². The lowest BCUT2D eigenvalue weighted by molar-refractivity contribution is 0.102. The van der Waals surface area contributed by atoms with E-state index in [1.54, 1.807) is 18.3 Å². The number of nitrogens with one attached hydrogen (secondary N) is 1. The molecule has 0 fully saturated rings. The number of amides is 1. The van der Waals surface area contributed by atoms with E-state index in [1.807, 2.05) is 13.8 Å². The Morgan fingerprint density at radius 1 is 1.22 bits per heavy atom. The van der Waals surface area contributed by atoms with Gasteiger partial charge in [0.1, 0.15) is 10.3 Å². The van der Waals surface area contributed by atoms with Crippen LogP contribution in [0.2, 0.25) is 0 Å². The fourth-order valence-electron chi connectivity index (χ4n) is 1.36. The molecule has 0 bridgehead atoms. The second kappa shape index (κ2) is 5.22. The van der Waals surface area contributed by atoms with Crippen molar-refractivity contribution in [2.45, 2.75) is 13.8 Å². The van der Waals surface area contributed by atoms with Crippen LogP contribution in [-0.2, 0) is 0 Å². The SMILES string of the molecule is Cc1cnc(C(=O)Nc2ccc(Br)nc2C)cn1. The third-order valence-electron chi connectivity index (χ3n) is 2.31. The van der Waals surface area contributed by atoms with Gasteiger partial charge in [0.25, 0.3) is 5.91 Å². The Labute approximate surface area is 113 Å². The maximum atomic E-state index is 11.9. The highest BCUT2D eigenvalue weighted by Crippen LogP contribution is 2.16. The molecule has 2 aromatic heterocycles. The van der Waals surface area contributed by atoms with Crippen molar-refractivity contribution in [3.8, 4) is 0 Å². The molecule has 6 heteroatoms. The molecule has 92 valence electrons. The molecule has 2 aromatic rings. The smallest absolute Gasteiger partial charge is 0.275 e. The molecule has 18 heavy (non-hydrogen) atoms. The molecule has 1 N–H and O–H groups in total. The van der Waals surface area contributed by atoms with Crippen LogP contribution in [0.3, 0.4) is 0 Å². The predicted molar refractivity (Wildman–Crippen MR) is 71.4 cm³/mol. The summed E-state index contributed by atoms with van der Waals surface area (Å²) in [5, 5.41) is 2.75. The van der Waals surface area contributed by atoms with Gasteiger partial charge in [-0.1, -0.05) is 0 Å². The van der Waals surface area contributed by atoms with Gasteiger partial charge in [-0.25, -0.2) is 9.97 Å². The van der Waals surface area contributed by atoms with Crippen molar-refractivity contribution in [3.63, 3.8) is 0 Å². The minimum atomic E-state index is -0.297. The summed E-state index contributed by atoms with van der Waals surface area (Å²) in [5.74, 6) is -0.297. The van der Waals surface area contributed by atoms with Crippen molar-refractivity contribution in [2.24, 2.45) is 0 Å². The molecule has 2 heterocycles. The van der Waals surface area contributed by atoms with Crippen molar-refractivity contribution in [1.29, 1.82) is 0 Å². The lowest BCUT2D eigenvalue weighted by Gasteiger charge is -2.07. The van der Waals surface area contributed by atoms with E-state index in [1.165, 1.54) is 6.20 Å². The van der Waals surface area contributed by atoms with Crippen LogP contribution in [0.1, 0.15) is 21.9 Å². The first-order valence-corrected chi connectivity index (χ1v) is 6.08. The number of rotatable bonds is 2. The average Bonchev–Trinajstić information content (AvgIpc) is 2.33. The van der Waals surface area contributed by atoms with E-state index in [-0.39, 0.29) is 11.6 Å². The molecular weight excluding hydrogens is 296 g/mol. The first-order valence-electron chi connectivity index (χ1n) is 5.29. The topological polar surface area (TPSA) is 67.8 Å². The molecular formula is C12H11BrN4O. The van der Waals surface area contributed by atoms with Crippen LogP contribution in [0.25, 0.3) is 0 Å². The van der Waals surface area contributed by atoms with E-state index in [4.69, 9.17) is 0 Å². The third-order valence-corrected chi connectivity index (χ3v) is 2.76. The molecule has 1 amide bonds. The van der Waals surface area contributed by atoms with Gasteiger partial charge in [0, 0.05) is 6.20 Å². The van der Waals surface area contributed by atoms with Gasteiger partial charge in [0.2, 0.25) is 0 Å². The highest BCUT2D eigenvalue weighted by Gasteiger charge is 2.10. The lowest BCUT2D eigenvalue weighted by Crippen LogP contribution is -2.15. The molecule has 0 unspecified atom stereocenters. The lowest BCUT2D eigenvalue weighted by atomic mass is 10.3. The van der Waals surface area contributed by atoms with E-state index in [0.717, 1.165) is 16.0 Å². The summed E-state index contributed by atoms with van der Waals surface area (Å²) in [6.07, 6.45) is 3.01. The zero-order valence-corrected chi connectivity index (χ0v) is 11.5. The number of carbonyl (C=O) groups excluding carboxylic acids is 1. The van der Waals surface area contributed by atoms with Crippen molar-refractivity contribution >= 4 is 27.5 Å². The minimum Gasteiger partial charge on any atom is -0.319 e. The summed E-state index contributed by atoms with van der Waals surface area (Å²) in [6.45, 7) is 3.64. The van der Waals surface area contributed by atoms with Gasteiger partial charge in [-0.05, 0) is 41.9 Å². The third kappa shape index (κ3) is 2.89. The molecule has 0 radical (unpaired) electrons. The summed E-state index contributed by atoms with van der Waals surface area (Å²) in [7, 11) is 0. The number of aromatic nitrogens is 3. The monoisotopic (exact) mass is 306 g/mol. The largest absolute Gasteiger partial charge is 0.319 e. The summed E-state index contributed by atoms with van der Waals surface area (Å²) < 4.78 is 0.730. The van der Waals surface area contributed by atoms with Crippen LogP contribution >= 0.6 is 15.9 Å². The molecule has 0 atom stereocenters. The van der Waals surface area contributed by atoms with Gasteiger partial charge in [-0.3, -0.25) is 9.78 Å². The quantitative estimate of drug-likeness (QED) is 0.866. The van der Waals surface area contributed by atoms with Gasteiger partial charge in [0.05, 0.1) is 23.3 Å². The van der Waals surface area contributed by atoms with E-state index < -0.39 is 0 Å². The van der Waals surface area contributed by atoms with Gasteiger partial charge >= 0.3 is 0 Å². The van der Waals surface area contributed by atoms with Crippen LogP contribution in [0.4, 0.5) is 5.69 Å². The Morgan fingerprint density at radius 3 is 2.61 bits per heavy atom. The molecule has 0 aliphatic carbocycles. The molecule has 0 saturated carbocycles. The molecule has 0 aliphatic rings. The second-order valence-corrected chi connectivity index (χ2v) is 4.58. The highest BCUT2D eigenvalue weighted by molar-refractivity contribution is 9.10. The number of pyridine rings is 1. The number of nitrogens with zero attached hydrogens (tertiary/aromatic N) is 3. The van der Waals surface area contributed by atoms with E-state index in [2.05, 4.69) is 36.2 Å². The molecule has 0 aromatic carbocycles. The van der Waals surface area contributed by atoms with Gasteiger partial charge in [-0.15, -0.1) is 0 Å². The summed E-state index contributed by atoms with van der Waals surface area (Å²) >= 11 is 3.27. The van der Waals surface area contributed by atoms with Crippen molar-refractivity contribution in [3.05, 3.63) is 46.2 Å². The number of hydrogen-bond donors (Lipinski definition) is 1. The Bertz CT molecular complexity index is 583. The molecule has 0 saturated heterocycles. The minimum absolute atomic E-state index is 0.280. The Kier molecular flexibility index (Phi) is 3.66. The Morgan fingerprint density at radius 2 is 2.00 bits per heavy atom. The number of hydrogen-bond acceptors (Lipinski definition) is 4. The van der Waals surface area contributed by atoms with Crippen LogP contribution in [0.5, 0.6) is 0 Å². The van der Waals surface area contributed by atoms with Gasteiger partial charge < -0.3 is 5.32 Å².